The Balaban J connectivity index is 1.90. The van der Waals surface area contributed by atoms with Crippen molar-refractivity contribution in [2.45, 2.75) is 18.7 Å². The van der Waals surface area contributed by atoms with Gasteiger partial charge in [0, 0.05) is 17.6 Å². The fourth-order valence-electron chi connectivity index (χ4n) is 3.28. The molecule has 0 heterocycles. The molecule has 36 heavy (non-hydrogen) atoms. The Morgan fingerprint density at radius 1 is 1.00 bits per heavy atom. The van der Waals surface area contributed by atoms with Gasteiger partial charge in [0.2, 0.25) is 5.91 Å². The minimum absolute atomic E-state index is 0.00528. The lowest BCUT2D eigenvalue weighted by Gasteiger charge is -2.25. The van der Waals surface area contributed by atoms with Crippen LogP contribution in [-0.2, 0) is 19.6 Å². The first-order chi connectivity index (χ1) is 17.1. The molecule has 2 N–H and O–H groups in total. The maximum Gasteiger partial charge on any atom is 0.264 e. The second kappa shape index (κ2) is 11.7. The lowest BCUT2D eigenvalue weighted by Crippen LogP contribution is -2.40. The predicted octanol–water partition coefficient (Wildman–Crippen LogP) is 4.04. The Kier molecular flexibility index (Phi) is 8.68. The van der Waals surface area contributed by atoms with Gasteiger partial charge in [0.15, 0.2) is 0 Å². The molecule has 3 aromatic rings. The number of benzene rings is 3. The summed E-state index contributed by atoms with van der Waals surface area (Å²) in [5.41, 5.74) is 4.19. The summed E-state index contributed by atoms with van der Waals surface area (Å²) in [6, 6.07) is 19.1. The first kappa shape index (κ1) is 26.7. The number of sulfonamides is 1. The van der Waals surface area contributed by atoms with Gasteiger partial charge >= 0.3 is 0 Å². The van der Waals surface area contributed by atoms with Crippen molar-refractivity contribution in [2.75, 3.05) is 23.3 Å². The monoisotopic (exact) mass is 528 g/mol. The van der Waals surface area contributed by atoms with Crippen LogP contribution in [0.1, 0.15) is 19.4 Å². The molecular formula is C25H25ClN4O5S. The van der Waals surface area contributed by atoms with Gasteiger partial charge in [-0.15, -0.1) is 0 Å². The molecule has 0 fully saturated rings. The van der Waals surface area contributed by atoms with E-state index in [2.05, 4.69) is 15.8 Å². The van der Waals surface area contributed by atoms with Crippen molar-refractivity contribution in [1.82, 2.24) is 5.43 Å². The Morgan fingerprint density at radius 3 is 2.39 bits per heavy atom. The predicted molar refractivity (Wildman–Crippen MR) is 140 cm³/mol. The summed E-state index contributed by atoms with van der Waals surface area (Å²) < 4.78 is 33.3. The van der Waals surface area contributed by atoms with Crippen LogP contribution in [-0.4, -0.2) is 39.6 Å². The second-order valence-corrected chi connectivity index (χ2v) is 9.93. The number of nitrogens with one attached hydrogen (secondary N) is 2. The van der Waals surface area contributed by atoms with Crippen molar-refractivity contribution >= 4 is 50.5 Å². The zero-order chi connectivity index (χ0) is 26.3. The highest BCUT2D eigenvalue weighted by atomic mass is 35.5. The number of ether oxygens (including phenoxy) is 1. The molecule has 0 radical (unpaired) electrons. The number of amides is 2. The molecule has 0 saturated heterocycles. The van der Waals surface area contributed by atoms with E-state index in [1.807, 2.05) is 0 Å². The first-order valence-electron chi connectivity index (χ1n) is 10.7. The van der Waals surface area contributed by atoms with E-state index in [9.17, 15) is 18.0 Å². The van der Waals surface area contributed by atoms with Crippen molar-refractivity contribution in [3.8, 4) is 5.75 Å². The van der Waals surface area contributed by atoms with Crippen LogP contribution in [0.5, 0.6) is 5.75 Å². The minimum atomic E-state index is -4.16. The molecule has 188 valence electrons. The number of carbonyl (C=O) groups excluding carboxylic acids is 2. The minimum Gasteiger partial charge on any atom is -0.495 e. The van der Waals surface area contributed by atoms with Crippen LogP contribution in [0.25, 0.3) is 0 Å². The van der Waals surface area contributed by atoms with E-state index in [0.717, 1.165) is 4.31 Å². The molecular weight excluding hydrogens is 504 g/mol. The smallest absolute Gasteiger partial charge is 0.264 e. The summed E-state index contributed by atoms with van der Waals surface area (Å²) in [5.74, 6) is -0.679. The molecule has 3 aromatic carbocycles. The van der Waals surface area contributed by atoms with Crippen LogP contribution in [0.3, 0.4) is 0 Å². The molecule has 0 bridgehead atoms. The van der Waals surface area contributed by atoms with Gasteiger partial charge in [-0.3, -0.25) is 13.9 Å². The second-order valence-electron chi connectivity index (χ2n) is 7.64. The number of rotatable bonds is 9. The van der Waals surface area contributed by atoms with Gasteiger partial charge < -0.3 is 10.1 Å². The van der Waals surface area contributed by atoms with E-state index in [1.165, 1.54) is 38.3 Å². The Labute approximate surface area is 214 Å². The molecule has 0 unspecified atom stereocenters. The van der Waals surface area contributed by atoms with Crippen molar-refractivity contribution in [3.63, 3.8) is 0 Å². The number of methoxy groups -OCH3 is 1. The third-order valence-electron chi connectivity index (χ3n) is 4.98. The average Bonchev–Trinajstić information content (AvgIpc) is 2.86. The van der Waals surface area contributed by atoms with E-state index in [-0.39, 0.29) is 27.3 Å². The lowest BCUT2D eigenvalue weighted by atomic mass is 10.1. The molecule has 0 aromatic heterocycles. The fourth-order valence-corrected chi connectivity index (χ4v) is 4.89. The molecule has 11 heteroatoms. The van der Waals surface area contributed by atoms with E-state index in [4.69, 9.17) is 16.3 Å². The zero-order valence-electron chi connectivity index (χ0n) is 19.9. The van der Waals surface area contributed by atoms with Crippen molar-refractivity contribution in [1.29, 1.82) is 0 Å². The Morgan fingerprint density at radius 2 is 1.72 bits per heavy atom. The van der Waals surface area contributed by atoms with Gasteiger partial charge in [-0.25, -0.2) is 13.8 Å². The van der Waals surface area contributed by atoms with Crippen molar-refractivity contribution in [2.24, 2.45) is 5.10 Å². The number of carbonyl (C=O) groups is 2. The number of halogens is 1. The number of hydrogen-bond donors (Lipinski definition) is 2. The maximum atomic E-state index is 13.5. The molecule has 2 amide bonds. The van der Waals surface area contributed by atoms with Crippen LogP contribution in [0.2, 0.25) is 5.02 Å². The van der Waals surface area contributed by atoms with Gasteiger partial charge in [0.05, 0.1) is 23.4 Å². The lowest BCUT2D eigenvalue weighted by molar-refractivity contribution is -0.119. The van der Waals surface area contributed by atoms with Gasteiger partial charge in [-0.1, -0.05) is 41.9 Å². The summed E-state index contributed by atoms with van der Waals surface area (Å²) in [6.07, 6.45) is 0. The van der Waals surface area contributed by atoms with Crippen LogP contribution >= 0.6 is 11.6 Å². The summed E-state index contributed by atoms with van der Waals surface area (Å²) in [4.78, 5) is 24.2. The van der Waals surface area contributed by atoms with E-state index >= 15 is 0 Å². The largest absolute Gasteiger partial charge is 0.495 e. The summed E-state index contributed by atoms with van der Waals surface area (Å²) in [5, 5.41) is 7.05. The van der Waals surface area contributed by atoms with E-state index in [1.54, 1.807) is 55.5 Å². The molecule has 0 spiro atoms. The third kappa shape index (κ3) is 6.61. The van der Waals surface area contributed by atoms with Crippen LogP contribution < -0.4 is 19.8 Å². The van der Waals surface area contributed by atoms with Crippen molar-refractivity contribution in [3.05, 3.63) is 83.4 Å². The zero-order valence-corrected chi connectivity index (χ0v) is 21.4. The summed E-state index contributed by atoms with van der Waals surface area (Å²) in [6.45, 7) is 2.49. The van der Waals surface area contributed by atoms with Gasteiger partial charge in [0.1, 0.15) is 12.3 Å². The molecule has 3 rings (SSSR count). The summed E-state index contributed by atoms with van der Waals surface area (Å²) >= 11 is 6.14. The number of hydrazone groups is 1. The standard InChI is InChI=1S/C25H25ClN4O5S/c1-17(19-8-7-9-21(14-19)27-18(2)31)28-29-25(32)16-30(23-15-20(26)12-13-24(23)35-3)36(33,34)22-10-5-4-6-11-22/h4-15H,16H2,1-3H3,(H,27,31)(H,29,32)/b28-17-. The highest BCUT2D eigenvalue weighted by Crippen LogP contribution is 2.34. The Hall–Kier alpha value is -3.89. The number of hydrogen-bond acceptors (Lipinski definition) is 6. The Bertz CT molecular complexity index is 1390. The highest BCUT2D eigenvalue weighted by molar-refractivity contribution is 7.92. The van der Waals surface area contributed by atoms with E-state index < -0.39 is 22.5 Å². The highest BCUT2D eigenvalue weighted by Gasteiger charge is 2.29. The molecule has 0 atom stereocenters. The fraction of sp³-hybridized carbons (Fsp3) is 0.160. The molecule has 0 aliphatic heterocycles. The van der Waals surface area contributed by atoms with Gasteiger partial charge in [0.25, 0.3) is 15.9 Å². The van der Waals surface area contributed by atoms with Crippen LogP contribution in [0, 0.1) is 0 Å². The van der Waals surface area contributed by atoms with Crippen LogP contribution in [0.15, 0.2) is 82.8 Å². The number of anilines is 2. The normalized spacial score (nSPS) is 11.5. The van der Waals surface area contributed by atoms with Crippen molar-refractivity contribution < 1.29 is 22.7 Å². The van der Waals surface area contributed by atoms with Gasteiger partial charge in [-0.2, -0.15) is 5.10 Å². The SMILES string of the molecule is COc1ccc(Cl)cc1N(CC(=O)N/N=C(/C)c1cccc(NC(C)=O)c1)S(=O)(=O)c1ccccc1. The summed E-state index contributed by atoms with van der Waals surface area (Å²) in [7, 11) is -2.77. The number of nitrogens with zero attached hydrogens (tertiary/aromatic N) is 2. The quantitative estimate of drug-likeness (QED) is 0.321. The van der Waals surface area contributed by atoms with E-state index in [0.29, 0.717) is 17.0 Å². The van der Waals surface area contributed by atoms with Gasteiger partial charge in [-0.05, 0) is 55.0 Å². The first-order valence-corrected chi connectivity index (χ1v) is 12.6. The molecule has 0 aliphatic rings. The maximum absolute atomic E-state index is 13.5. The third-order valence-corrected chi connectivity index (χ3v) is 6.99. The molecule has 9 nitrogen and oxygen atoms in total. The average molecular weight is 529 g/mol. The molecule has 0 aliphatic carbocycles. The topological polar surface area (TPSA) is 117 Å². The molecule has 0 saturated carbocycles. The van der Waals surface area contributed by atoms with Crippen LogP contribution in [0.4, 0.5) is 11.4 Å².